The highest BCUT2D eigenvalue weighted by Gasteiger charge is 2.23. The monoisotopic (exact) mass is 413 g/mol. The number of fused-ring (bicyclic) bond motifs is 1. The Labute approximate surface area is 176 Å². The van der Waals surface area contributed by atoms with Gasteiger partial charge in [-0.3, -0.25) is 0 Å². The van der Waals surface area contributed by atoms with Crippen LogP contribution in [0.5, 0.6) is 5.75 Å². The van der Waals surface area contributed by atoms with Crippen LogP contribution in [0.25, 0.3) is 0 Å². The van der Waals surface area contributed by atoms with E-state index in [0.29, 0.717) is 5.02 Å². The van der Waals surface area contributed by atoms with Gasteiger partial charge in [0, 0.05) is 42.0 Å². The zero-order valence-electron chi connectivity index (χ0n) is 17.0. The van der Waals surface area contributed by atoms with Crippen LogP contribution >= 0.6 is 23.4 Å². The number of hydrogen-bond acceptors (Lipinski definition) is 5. The summed E-state index contributed by atoms with van der Waals surface area (Å²) in [5.41, 5.74) is 6.38. The number of aliphatic imine (C=N–C) groups is 2. The minimum atomic E-state index is 0.662. The number of rotatable bonds is 3. The Morgan fingerprint density at radius 2 is 1.82 bits per heavy atom. The van der Waals surface area contributed by atoms with E-state index < -0.39 is 0 Å². The van der Waals surface area contributed by atoms with Crippen LogP contribution in [-0.2, 0) is 0 Å². The van der Waals surface area contributed by atoms with Gasteiger partial charge in [0.15, 0.2) is 0 Å². The molecule has 0 atom stereocenters. The van der Waals surface area contributed by atoms with E-state index in [1.54, 1.807) is 18.9 Å². The van der Waals surface area contributed by atoms with E-state index in [-0.39, 0.29) is 0 Å². The van der Waals surface area contributed by atoms with Crippen molar-refractivity contribution in [2.75, 3.05) is 27.5 Å². The van der Waals surface area contributed by atoms with Gasteiger partial charge in [-0.1, -0.05) is 29.8 Å². The molecule has 0 spiro atoms. The zero-order valence-corrected chi connectivity index (χ0v) is 18.6. The predicted molar refractivity (Wildman–Crippen MR) is 122 cm³/mol. The molecule has 0 saturated heterocycles. The first-order valence-electron chi connectivity index (χ1n) is 8.91. The molecule has 2 aromatic rings. The quantitative estimate of drug-likeness (QED) is 0.648. The lowest BCUT2D eigenvalue weighted by Gasteiger charge is -2.17. The number of halogens is 1. The molecule has 3 rings (SSSR count). The van der Waals surface area contributed by atoms with Crippen molar-refractivity contribution in [3.8, 4) is 5.75 Å². The number of nitrogens with zero attached hydrogens (tertiary/aromatic N) is 3. The maximum atomic E-state index is 6.56. The van der Waals surface area contributed by atoms with E-state index in [9.17, 15) is 0 Å². The number of ether oxygens (including phenoxy) is 1. The van der Waals surface area contributed by atoms with Crippen LogP contribution in [0.15, 0.2) is 57.8 Å². The summed E-state index contributed by atoms with van der Waals surface area (Å²) in [6.45, 7) is 4.08. The Bertz CT molecular complexity index is 1010. The molecule has 6 heteroatoms. The molecule has 0 saturated carbocycles. The van der Waals surface area contributed by atoms with Crippen LogP contribution in [0.2, 0.25) is 5.02 Å². The molecule has 1 heterocycles. The molecule has 0 unspecified atom stereocenters. The van der Waals surface area contributed by atoms with Gasteiger partial charge in [0.05, 0.1) is 18.5 Å². The van der Waals surface area contributed by atoms with Crippen LogP contribution in [-0.4, -0.2) is 43.1 Å². The molecule has 4 nitrogen and oxygen atoms in total. The molecular formula is C22H24ClN3OS. The van der Waals surface area contributed by atoms with Crippen LogP contribution in [0.3, 0.4) is 0 Å². The van der Waals surface area contributed by atoms with Crippen molar-refractivity contribution in [3.63, 3.8) is 0 Å². The summed E-state index contributed by atoms with van der Waals surface area (Å²) in [6.07, 6.45) is 2.02. The van der Waals surface area contributed by atoms with E-state index in [0.717, 1.165) is 50.3 Å². The molecule has 28 heavy (non-hydrogen) atoms. The summed E-state index contributed by atoms with van der Waals surface area (Å²) in [4.78, 5) is 12.1. The van der Waals surface area contributed by atoms with E-state index in [1.807, 2.05) is 57.6 Å². The highest BCUT2D eigenvalue weighted by atomic mass is 35.5. The molecule has 2 aromatic carbocycles. The molecule has 0 bridgehead atoms. The average Bonchev–Trinajstić information content (AvgIpc) is 2.83. The number of benzene rings is 2. The van der Waals surface area contributed by atoms with Gasteiger partial charge in [-0.25, -0.2) is 9.98 Å². The van der Waals surface area contributed by atoms with Gasteiger partial charge in [0.1, 0.15) is 16.5 Å². The molecule has 0 aromatic heterocycles. The third-order valence-corrected chi connectivity index (χ3v) is 5.75. The molecule has 146 valence electrons. The van der Waals surface area contributed by atoms with Crippen molar-refractivity contribution in [2.45, 2.75) is 13.8 Å². The lowest BCUT2D eigenvalue weighted by Crippen LogP contribution is -2.14. The molecular weight excluding hydrogens is 390 g/mol. The summed E-state index contributed by atoms with van der Waals surface area (Å²) >= 11 is 8.14. The van der Waals surface area contributed by atoms with Crippen molar-refractivity contribution >= 4 is 39.8 Å². The Morgan fingerprint density at radius 1 is 1.11 bits per heavy atom. The maximum absolute atomic E-state index is 6.56. The van der Waals surface area contributed by atoms with Crippen molar-refractivity contribution < 1.29 is 4.74 Å². The first-order valence-corrected chi connectivity index (χ1v) is 10.5. The fourth-order valence-corrected chi connectivity index (χ4v) is 3.81. The number of thioether (sulfide) groups is 1. The third-order valence-electron chi connectivity index (χ3n) is 4.75. The third kappa shape index (κ3) is 3.82. The van der Waals surface area contributed by atoms with Crippen LogP contribution in [0.4, 0.5) is 5.69 Å². The number of methoxy groups -OCH3 is 1. The van der Waals surface area contributed by atoms with Gasteiger partial charge in [0.2, 0.25) is 0 Å². The van der Waals surface area contributed by atoms with E-state index in [1.165, 1.54) is 0 Å². The number of hydrogen-bond donors (Lipinski definition) is 0. The fourth-order valence-electron chi connectivity index (χ4n) is 3.01. The topological polar surface area (TPSA) is 37.2 Å². The van der Waals surface area contributed by atoms with E-state index in [2.05, 4.69) is 17.9 Å². The number of aryl methyl sites for hydroxylation is 1. The van der Waals surface area contributed by atoms with Crippen molar-refractivity contribution in [1.29, 1.82) is 0 Å². The Hall–Kier alpha value is -2.24. The fraction of sp³-hybridized carbons (Fsp3) is 0.273. The average molecular weight is 414 g/mol. The minimum absolute atomic E-state index is 0.662. The first kappa shape index (κ1) is 20.5. The summed E-state index contributed by atoms with van der Waals surface area (Å²) < 4.78 is 5.54. The summed E-state index contributed by atoms with van der Waals surface area (Å²) in [7, 11) is 5.70. The van der Waals surface area contributed by atoms with Gasteiger partial charge in [0.25, 0.3) is 0 Å². The zero-order chi connectivity index (χ0) is 20.4. The molecule has 0 radical (unpaired) electrons. The molecule has 1 aliphatic rings. The van der Waals surface area contributed by atoms with Crippen molar-refractivity contribution in [2.24, 2.45) is 9.98 Å². The lowest BCUT2D eigenvalue weighted by atomic mass is 9.98. The highest BCUT2D eigenvalue weighted by Crippen LogP contribution is 2.37. The van der Waals surface area contributed by atoms with E-state index >= 15 is 0 Å². The molecule has 0 amide bonds. The van der Waals surface area contributed by atoms with Crippen molar-refractivity contribution in [1.82, 2.24) is 4.90 Å². The first-order chi connectivity index (χ1) is 13.4. The van der Waals surface area contributed by atoms with Crippen LogP contribution in [0.1, 0.15) is 23.6 Å². The Balaban J connectivity index is 2.41. The molecule has 0 aliphatic carbocycles. The van der Waals surface area contributed by atoms with Crippen LogP contribution < -0.4 is 4.74 Å². The van der Waals surface area contributed by atoms with Gasteiger partial charge < -0.3 is 9.64 Å². The maximum Gasteiger partial charge on any atom is 0.124 e. The van der Waals surface area contributed by atoms with Crippen LogP contribution in [0, 0.1) is 6.92 Å². The summed E-state index contributed by atoms with van der Waals surface area (Å²) in [6, 6.07) is 11.8. The summed E-state index contributed by atoms with van der Waals surface area (Å²) in [5.74, 6) is 0.804. The Kier molecular flexibility index (Phi) is 6.16. The second-order valence-electron chi connectivity index (χ2n) is 6.73. The van der Waals surface area contributed by atoms with Gasteiger partial charge >= 0.3 is 0 Å². The smallest absolute Gasteiger partial charge is 0.124 e. The lowest BCUT2D eigenvalue weighted by molar-refractivity contribution is 0.412. The number of allylic oxidation sites excluding steroid dienone is 1. The normalized spacial score (nSPS) is 15.2. The molecule has 1 aliphatic heterocycles. The summed E-state index contributed by atoms with van der Waals surface area (Å²) in [5, 5.41) is 1.52. The van der Waals surface area contributed by atoms with E-state index in [4.69, 9.17) is 26.3 Å². The predicted octanol–water partition coefficient (Wildman–Crippen LogP) is 5.69. The van der Waals surface area contributed by atoms with Gasteiger partial charge in [-0.15, -0.1) is 11.8 Å². The standard InChI is InChI=1S/C22H24ClN3OS/c1-13-11-16-18(12-19(13)27-5)24-22(28-6)20(14(2)26(3)4)25-21(16)15-9-7-8-10-17(15)23/h7-12H,1-6H3/b20-14-. The SMILES string of the molecule is COc1cc2c(cc1C)C(c1ccccc1Cl)=N/C(=C(/C)N(C)C)C(SC)=N2. The largest absolute Gasteiger partial charge is 0.496 e. The second-order valence-corrected chi connectivity index (χ2v) is 7.93. The van der Waals surface area contributed by atoms with Gasteiger partial charge in [-0.05, 0) is 37.8 Å². The van der Waals surface area contributed by atoms with Gasteiger partial charge in [-0.2, -0.15) is 0 Å². The molecule has 0 N–H and O–H groups in total. The Morgan fingerprint density at radius 3 is 2.43 bits per heavy atom. The highest BCUT2D eigenvalue weighted by molar-refractivity contribution is 8.13. The molecule has 0 fully saturated rings. The minimum Gasteiger partial charge on any atom is -0.496 e. The van der Waals surface area contributed by atoms with Crippen molar-refractivity contribution in [3.05, 3.63) is 69.5 Å². The second kappa shape index (κ2) is 8.41.